The second-order valence-electron chi connectivity index (χ2n) is 7.33. The molecule has 0 radical (unpaired) electrons. The van der Waals surface area contributed by atoms with Crippen molar-refractivity contribution >= 4 is 34.5 Å². The van der Waals surface area contributed by atoms with Gasteiger partial charge in [0.05, 0.1) is 7.11 Å². The molecule has 168 valence electrons. The molecule has 32 heavy (non-hydrogen) atoms. The van der Waals surface area contributed by atoms with Crippen molar-refractivity contribution in [3.63, 3.8) is 0 Å². The number of hydrogen-bond donors (Lipinski definition) is 0. The van der Waals surface area contributed by atoms with Gasteiger partial charge in [-0.25, -0.2) is 14.8 Å². The highest BCUT2D eigenvalue weighted by Gasteiger charge is 2.29. The summed E-state index contributed by atoms with van der Waals surface area (Å²) in [6.45, 7) is 1.30. The van der Waals surface area contributed by atoms with Crippen molar-refractivity contribution < 1.29 is 14.3 Å². The molecule has 3 rings (SSSR count). The van der Waals surface area contributed by atoms with Gasteiger partial charge in [0.25, 0.3) is 5.56 Å². The lowest BCUT2D eigenvalue weighted by Crippen LogP contribution is -2.38. The van der Waals surface area contributed by atoms with Crippen LogP contribution in [0.3, 0.4) is 0 Å². The molecule has 0 saturated heterocycles. The molecule has 1 unspecified atom stereocenters. The number of carbonyl (C=O) groups is 2. The Balaban J connectivity index is 2.36. The molecule has 1 atom stereocenters. The second-order valence-corrected chi connectivity index (χ2v) is 8.42. The van der Waals surface area contributed by atoms with Crippen molar-refractivity contribution in [2.75, 3.05) is 21.2 Å². The first-order chi connectivity index (χ1) is 15.1. The molecule has 0 saturated carbocycles. The van der Waals surface area contributed by atoms with Crippen LogP contribution in [0.5, 0.6) is 5.75 Å². The third kappa shape index (κ3) is 4.15. The van der Waals surface area contributed by atoms with Crippen molar-refractivity contribution in [1.29, 1.82) is 0 Å². The summed E-state index contributed by atoms with van der Waals surface area (Å²) >= 11 is 0.867. The lowest BCUT2D eigenvalue weighted by atomic mass is 10.2. The van der Waals surface area contributed by atoms with E-state index in [-0.39, 0.29) is 27.7 Å². The molecule has 2 aromatic heterocycles. The number of amides is 1. The minimum Gasteiger partial charge on any atom is -0.497 e. The molecule has 0 aliphatic rings. The number of nitrogens with zero attached hydrogens (tertiary/aromatic N) is 5. The lowest BCUT2D eigenvalue weighted by molar-refractivity contribution is -0.132. The molecule has 0 aliphatic heterocycles. The maximum absolute atomic E-state index is 13.0. The maximum atomic E-state index is 13.0. The van der Waals surface area contributed by atoms with Gasteiger partial charge in [-0.1, -0.05) is 23.9 Å². The number of benzene rings is 1. The Morgan fingerprint density at radius 1 is 1.12 bits per heavy atom. The summed E-state index contributed by atoms with van der Waals surface area (Å²) in [6.07, 6.45) is 0. The van der Waals surface area contributed by atoms with Crippen LogP contribution in [0.15, 0.2) is 38.9 Å². The van der Waals surface area contributed by atoms with Gasteiger partial charge in [0.15, 0.2) is 17.3 Å². The van der Waals surface area contributed by atoms with Crippen LogP contribution in [-0.4, -0.2) is 62.1 Å². The molecule has 3 aromatic rings. The van der Waals surface area contributed by atoms with Gasteiger partial charge < -0.3 is 9.64 Å². The molecule has 0 N–H and O–H groups in total. The Kier molecular flexibility index (Phi) is 6.49. The summed E-state index contributed by atoms with van der Waals surface area (Å²) in [7, 11) is 7.46. The molecule has 0 bridgehead atoms. The van der Waals surface area contributed by atoms with Gasteiger partial charge >= 0.3 is 5.69 Å². The summed E-state index contributed by atoms with van der Waals surface area (Å²) in [5, 5.41) is -0.910. The van der Waals surface area contributed by atoms with E-state index in [1.54, 1.807) is 38.4 Å². The number of aryl methyl sites for hydroxylation is 1. The van der Waals surface area contributed by atoms with E-state index >= 15 is 0 Å². The summed E-state index contributed by atoms with van der Waals surface area (Å²) < 4.78 is 7.44. The van der Waals surface area contributed by atoms with E-state index in [1.165, 1.54) is 37.6 Å². The SMILES string of the molecule is COc1cccc(-c2nc(SC(C(C)=O)C(=O)N(C)C)c3c(=O)n(C)c(=O)n(C)c3n2)c1. The first-order valence-corrected chi connectivity index (χ1v) is 10.4. The summed E-state index contributed by atoms with van der Waals surface area (Å²) in [5.74, 6) is -0.0201. The van der Waals surface area contributed by atoms with Crippen LogP contribution in [0.2, 0.25) is 0 Å². The topological polar surface area (TPSA) is 116 Å². The number of ketones is 1. The van der Waals surface area contributed by atoms with E-state index in [9.17, 15) is 19.2 Å². The lowest BCUT2D eigenvalue weighted by Gasteiger charge is -2.19. The summed E-state index contributed by atoms with van der Waals surface area (Å²) in [5.41, 5.74) is -0.476. The highest BCUT2D eigenvalue weighted by molar-refractivity contribution is 8.01. The monoisotopic (exact) mass is 457 g/mol. The van der Waals surface area contributed by atoms with Crippen molar-refractivity contribution in [1.82, 2.24) is 24.0 Å². The van der Waals surface area contributed by atoms with Crippen LogP contribution in [0, 0.1) is 0 Å². The van der Waals surface area contributed by atoms with E-state index in [4.69, 9.17) is 4.74 Å². The molecule has 0 aliphatic carbocycles. The summed E-state index contributed by atoms with van der Waals surface area (Å²) in [4.78, 5) is 60.7. The highest BCUT2D eigenvalue weighted by Crippen LogP contribution is 2.31. The minimum atomic E-state index is -1.11. The smallest absolute Gasteiger partial charge is 0.332 e. The fraction of sp³-hybridized carbons (Fsp3) is 0.333. The molecular formula is C21H23N5O5S. The van der Waals surface area contributed by atoms with Crippen LogP contribution in [0.25, 0.3) is 22.4 Å². The van der Waals surface area contributed by atoms with Gasteiger partial charge in [-0.15, -0.1) is 0 Å². The Hall–Kier alpha value is -3.47. The van der Waals surface area contributed by atoms with Crippen LogP contribution in [0.4, 0.5) is 0 Å². The Bertz CT molecular complexity index is 1340. The average Bonchev–Trinajstić information content (AvgIpc) is 2.78. The van der Waals surface area contributed by atoms with Crippen LogP contribution in [0.1, 0.15) is 6.92 Å². The molecule has 0 fully saturated rings. The second kappa shape index (κ2) is 8.95. The average molecular weight is 458 g/mol. The number of methoxy groups -OCH3 is 1. The number of thioether (sulfide) groups is 1. The minimum absolute atomic E-state index is 0.0593. The Morgan fingerprint density at radius 3 is 2.41 bits per heavy atom. The van der Waals surface area contributed by atoms with E-state index in [0.29, 0.717) is 11.3 Å². The van der Waals surface area contributed by atoms with E-state index in [1.807, 2.05) is 0 Å². The van der Waals surface area contributed by atoms with Gasteiger partial charge in [-0.3, -0.25) is 23.5 Å². The zero-order valence-corrected chi connectivity index (χ0v) is 19.4. The predicted molar refractivity (Wildman–Crippen MR) is 121 cm³/mol. The number of Topliss-reactive ketones (excluding diaryl/α,β-unsaturated/α-hetero) is 1. The molecule has 0 spiro atoms. The fourth-order valence-corrected chi connectivity index (χ4v) is 4.20. The molecule has 1 aromatic carbocycles. The number of ether oxygens (including phenoxy) is 1. The third-order valence-corrected chi connectivity index (χ3v) is 6.15. The Labute approximate surface area is 187 Å². The zero-order valence-electron chi connectivity index (χ0n) is 18.6. The van der Waals surface area contributed by atoms with E-state index < -0.39 is 22.4 Å². The normalized spacial score (nSPS) is 11.9. The van der Waals surface area contributed by atoms with Gasteiger partial charge in [0.1, 0.15) is 21.4 Å². The first-order valence-electron chi connectivity index (χ1n) is 9.57. The molecule has 10 nitrogen and oxygen atoms in total. The van der Waals surface area contributed by atoms with Gasteiger partial charge in [-0.05, 0) is 19.1 Å². The molecule has 1 amide bonds. The molecule has 11 heteroatoms. The van der Waals surface area contributed by atoms with Gasteiger partial charge in [0, 0.05) is 33.8 Å². The standard InChI is InChI=1S/C21H23N5O5S/c1-11(27)15(20(29)24(2)3)32-18-14-17(25(4)21(30)26(5)19(14)28)22-16(23-18)12-8-7-9-13(10-12)31-6/h7-10,15H,1-6H3. The Morgan fingerprint density at radius 2 is 1.81 bits per heavy atom. The number of hydrogen-bond acceptors (Lipinski definition) is 8. The van der Waals surface area contributed by atoms with Gasteiger partial charge in [-0.2, -0.15) is 0 Å². The first kappa shape index (κ1) is 23.2. The largest absolute Gasteiger partial charge is 0.497 e. The number of rotatable bonds is 6. The zero-order chi connectivity index (χ0) is 23.7. The van der Waals surface area contributed by atoms with Crippen molar-refractivity contribution in [2.45, 2.75) is 17.2 Å². The number of fused-ring (bicyclic) bond motifs is 1. The highest BCUT2D eigenvalue weighted by atomic mass is 32.2. The van der Waals surface area contributed by atoms with Gasteiger partial charge in [0.2, 0.25) is 5.91 Å². The summed E-state index contributed by atoms with van der Waals surface area (Å²) in [6, 6.07) is 6.98. The van der Waals surface area contributed by atoms with Crippen molar-refractivity contribution in [2.24, 2.45) is 14.1 Å². The molecular weight excluding hydrogens is 434 g/mol. The number of carbonyl (C=O) groups excluding carboxylic acids is 2. The third-order valence-electron chi connectivity index (χ3n) is 4.86. The number of aromatic nitrogens is 4. The molecule has 2 heterocycles. The van der Waals surface area contributed by atoms with E-state index in [2.05, 4.69) is 9.97 Å². The quantitative estimate of drug-likeness (QED) is 0.304. The van der Waals surface area contributed by atoms with Crippen LogP contribution in [-0.2, 0) is 23.7 Å². The van der Waals surface area contributed by atoms with Crippen molar-refractivity contribution in [3.8, 4) is 17.1 Å². The predicted octanol–water partition coefficient (Wildman–Crippen LogP) is 0.841. The maximum Gasteiger partial charge on any atom is 0.332 e. The fourth-order valence-electron chi connectivity index (χ4n) is 3.06. The van der Waals surface area contributed by atoms with Crippen LogP contribution >= 0.6 is 11.8 Å². The van der Waals surface area contributed by atoms with Crippen molar-refractivity contribution in [3.05, 3.63) is 45.1 Å². The van der Waals surface area contributed by atoms with E-state index in [0.717, 1.165) is 16.3 Å². The van der Waals surface area contributed by atoms with Crippen LogP contribution < -0.4 is 16.0 Å².